The van der Waals surface area contributed by atoms with E-state index in [1.165, 1.54) is 35.2 Å². The van der Waals surface area contributed by atoms with Crippen molar-refractivity contribution in [3.63, 3.8) is 0 Å². The minimum atomic E-state index is -3.77. The van der Waals surface area contributed by atoms with Crippen LogP contribution in [-0.2, 0) is 26.1 Å². The molecule has 3 aromatic rings. The Labute approximate surface area is 191 Å². The van der Waals surface area contributed by atoms with Crippen LogP contribution in [0.1, 0.15) is 6.42 Å². The molecule has 32 heavy (non-hydrogen) atoms. The molecule has 0 aliphatic heterocycles. The Kier molecular flexibility index (Phi) is 8.26. The summed E-state index contributed by atoms with van der Waals surface area (Å²) in [6.45, 7) is 1.32. The molecule has 0 aliphatic carbocycles. The van der Waals surface area contributed by atoms with Crippen molar-refractivity contribution in [1.29, 1.82) is 0 Å². The summed E-state index contributed by atoms with van der Waals surface area (Å²) in [5, 5.41) is 11.3. The lowest BCUT2D eigenvalue weighted by Gasteiger charge is -2.19. The Balaban J connectivity index is 1.62. The van der Waals surface area contributed by atoms with Gasteiger partial charge in [0, 0.05) is 33.0 Å². The predicted octanol–water partition coefficient (Wildman–Crippen LogP) is 2.87. The SMILES string of the molecule is COCCCn1cnnc1SCC(=O)Nc1cccc(S(=O)(=O)N(C)c2ccccc2)c1. The molecule has 0 spiro atoms. The Morgan fingerprint density at radius 2 is 1.97 bits per heavy atom. The number of ether oxygens (including phenoxy) is 1. The quantitative estimate of drug-likeness (QED) is 0.336. The fourth-order valence-corrected chi connectivity index (χ4v) is 4.87. The van der Waals surface area contributed by atoms with Crippen LogP contribution >= 0.6 is 11.8 Å². The lowest BCUT2D eigenvalue weighted by Crippen LogP contribution is -2.26. The van der Waals surface area contributed by atoms with Gasteiger partial charge in [-0.05, 0) is 36.8 Å². The smallest absolute Gasteiger partial charge is 0.264 e. The summed E-state index contributed by atoms with van der Waals surface area (Å²) in [6.07, 6.45) is 2.43. The molecule has 0 saturated heterocycles. The third kappa shape index (κ3) is 6.09. The monoisotopic (exact) mass is 475 g/mol. The molecule has 1 heterocycles. The van der Waals surface area contributed by atoms with Crippen LogP contribution in [-0.4, -0.2) is 55.6 Å². The van der Waals surface area contributed by atoms with Gasteiger partial charge in [-0.25, -0.2) is 8.42 Å². The summed E-state index contributed by atoms with van der Waals surface area (Å²) >= 11 is 1.26. The molecule has 170 valence electrons. The van der Waals surface area contributed by atoms with Gasteiger partial charge in [-0.2, -0.15) is 0 Å². The molecule has 1 N–H and O–H groups in total. The molecular weight excluding hydrogens is 450 g/mol. The summed E-state index contributed by atoms with van der Waals surface area (Å²) in [6, 6.07) is 15.0. The average molecular weight is 476 g/mol. The van der Waals surface area contributed by atoms with Crippen LogP contribution in [0.25, 0.3) is 0 Å². The zero-order valence-corrected chi connectivity index (χ0v) is 19.5. The van der Waals surface area contributed by atoms with Gasteiger partial charge in [0.15, 0.2) is 5.16 Å². The maximum Gasteiger partial charge on any atom is 0.264 e. The van der Waals surface area contributed by atoms with Crippen molar-refractivity contribution < 1.29 is 17.9 Å². The number of methoxy groups -OCH3 is 1. The van der Waals surface area contributed by atoms with Crippen LogP contribution in [0, 0.1) is 0 Å². The zero-order chi connectivity index (χ0) is 23.0. The number of thioether (sulfide) groups is 1. The van der Waals surface area contributed by atoms with Crippen molar-refractivity contribution in [3.05, 3.63) is 60.9 Å². The van der Waals surface area contributed by atoms with Crippen LogP contribution in [0.2, 0.25) is 0 Å². The minimum absolute atomic E-state index is 0.0900. The maximum absolute atomic E-state index is 13.0. The second-order valence-corrected chi connectivity index (χ2v) is 9.74. The number of rotatable bonds is 11. The van der Waals surface area contributed by atoms with Crippen molar-refractivity contribution in [2.75, 3.05) is 36.1 Å². The molecule has 0 atom stereocenters. The van der Waals surface area contributed by atoms with Gasteiger partial charge in [0.2, 0.25) is 5.91 Å². The second kappa shape index (κ2) is 11.1. The van der Waals surface area contributed by atoms with Gasteiger partial charge in [0.05, 0.1) is 16.3 Å². The number of nitrogens with zero attached hydrogens (tertiary/aromatic N) is 4. The van der Waals surface area contributed by atoms with E-state index in [0.29, 0.717) is 29.7 Å². The van der Waals surface area contributed by atoms with E-state index in [0.717, 1.165) is 6.42 Å². The van der Waals surface area contributed by atoms with E-state index in [1.54, 1.807) is 49.8 Å². The number of carbonyl (C=O) groups is 1. The first-order valence-electron chi connectivity index (χ1n) is 9.85. The fourth-order valence-electron chi connectivity index (χ4n) is 2.89. The Hall–Kier alpha value is -2.89. The van der Waals surface area contributed by atoms with Crippen molar-refractivity contribution in [3.8, 4) is 0 Å². The van der Waals surface area contributed by atoms with Crippen LogP contribution < -0.4 is 9.62 Å². The number of nitrogens with one attached hydrogen (secondary N) is 1. The van der Waals surface area contributed by atoms with Crippen molar-refractivity contribution >= 4 is 39.1 Å². The van der Waals surface area contributed by atoms with Gasteiger partial charge in [0.25, 0.3) is 10.0 Å². The van der Waals surface area contributed by atoms with Gasteiger partial charge in [0.1, 0.15) is 6.33 Å². The molecule has 0 radical (unpaired) electrons. The van der Waals surface area contributed by atoms with Crippen molar-refractivity contribution in [2.45, 2.75) is 23.0 Å². The normalized spacial score (nSPS) is 11.3. The Morgan fingerprint density at radius 3 is 2.72 bits per heavy atom. The first kappa shape index (κ1) is 23.8. The highest BCUT2D eigenvalue weighted by atomic mass is 32.2. The van der Waals surface area contributed by atoms with Gasteiger partial charge < -0.3 is 14.6 Å². The minimum Gasteiger partial charge on any atom is -0.385 e. The van der Waals surface area contributed by atoms with Gasteiger partial charge in [-0.1, -0.05) is 36.0 Å². The van der Waals surface area contributed by atoms with E-state index < -0.39 is 10.0 Å². The highest BCUT2D eigenvalue weighted by Crippen LogP contribution is 2.24. The molecule has 0 bridgehead atoms. The number of benzene rings is 2. The molecule has 0 fully saturated rings. The van der Waals surface area contributed by atoms with Crippen LogP contribution in [0.15, 0.2) is 71.0 Å². The first-order valence-corrected chi connectivity index (χ1v) is 12.3. The molecule has 0 saturated carbocycles. The molecule has 0 aliphatic rings. The maximum atomic E-state index is 13.0. The second-order valence-electron chi connectivity index (χ2n) is 6.83. The Bertz CT molecular complexity index is 1140. The number of anilines is 2. The fraction of sp³-hybridized carbons (Fsp3) is 0.286. The molecular formula is C21H25N5O4S2. The van der Waals surface area contributed by atoms with E-state index >= 15 is 0 Å². The number of carbonyl (C=O) groups excluding carboxylic acids is 1. The predicted molar refractivity (Wildman–Crippen MR) is 124 cm³/mol. The summed E-state index contributed by atoms with van der Waals surface area (Å²) < 4.78 is 34.1. The third-order valence-electron chi connectivity index (χ3n) is 4.56. The van der Waals surface area contributed by atoms with Crippen molar-refractivity contribution in [1.82, 2.24) is 14.8 Å². The number of para-hydroxylation sites is 1. The van der Waals surface area contributed by atoms with Gasteiger partial charge in [-0.15, -0.1) is 10.2 Å². The van der Waals surface area contributed by atoms with Gasteiger partial charge >= 0.3 is 0 Å². The highest BCUT2D eigenvalue weighted by molar-refractivity contribution is 7.99. The van der Waals surface area contributed by atoms with Crippen LogP contribution in [0.3, 0.4) is 0 Å². The standard InChI is InChI=1S/C21H25N5O4S2/c1-25(18-9-4-3-5-10-18)32(28,29)19-11-6-8-17(14-19)23-20(27)15-31-21-24-22-16-26(21)12-7-13-30-2/h3-6,8-11,14,16H,7,12-13,15H2,1-2H3,(H,23,27). The van der Waals surface area contributed by atoms with E-state index in [-0.39, 0.29) is 16.6 Å². The zero-order valence-electron chi connectivity index (χ0n) is 17.8. The molecule has 1 amide bonds. The summed E-state index contributed by atoms with van der Waals surface area (Å²) in [7, 11) is -0.630. The molecule has 1 aromatic heterocycles. The van der Waals surface area contributed by atoms with Crippen molar-refractivity contribution in [2.24, 2.45) is 0 Å². The summed E-state index contributed by atoms with van der Waals surface area (Å²) in [4.78, 5) is 12.5. The third-order valence-corrected chi connectivity index (χ3v) is 7.32. The number of aryl methyl sites for hydroxylation is 1. The highest BCUT2D eigenvalue weighted by Gasteiger charge is 2.21. The summed E-state index contributed by atoms with van der Waals surface area (Å²) in [5.74, 6) is -0.156. The number of aromatic nitrogens is 3. The number of hydrogen-bond acceptors (Lipinski definition) is 7. The van der Waals surface area contributed by atoms with Gasteiger partial charge in [-0.3, -0.25) is 9.10 Å². The van der Waals surface area contributed by atoms with E-state index in [4.69, 9.17) is 4.74 Å². The average Bonchev–Trinajstić information content (AvgIpc) is 3.25. The van der Waals surface area contributed by atoms with Crippen LogP contribution in [0.4, 0.5) is 11.4 Å². The van der Waals surface area contributed by atoms with E-state index in [1.807, 2.05) is 10.6 Å². The number of hydrogen-bond donors (Lipinski definition) is 1. The molecule has 9 nitrogen and oxygen atoms in total. The van der Waals surface area contributed by atoms with Crippen LogP contribution in [0.5, 0.6) is 0 Å². The Morgan fingerprint density at radius 1 is 1.19 bits per heavy atom. The van der Waals surface area contributed by atoms with E-state index in [9.17, 15) is 13.2 Å². The largest absolute Gasteiger partial charge is 0.385 e. The lowest BCUT2D eigenvalue weighted by molar-refractivity contribution is -0.113. The topological polar surface area (TPSA) is 106 Å². The molecule has 2 aromatic carbocycles. The molecule has 3 rings (SSSR count). The number of amides is 1. The molecule has 11 heteroatoms. The first-order chi connectivity index (χ1) is 15.4. The van der Waals surface area contributed by atoms with E-state index in [2.05, 4.69) is 15.5 Å². The molecule has 0 unspecified atom stereocenters. The number of sulfonamides is 1. The lowest BCUT2D eigenvalue weighted by atomic mass is 10.3. The summed E-state index contributed by atoms with van der Waals surface area (Å²) in [5.41, 5.74) is 0.952.